The number of para-hydroxylation sites is 1. The van der Waals surface area contributed by atoms with Crippen LogP contribution in [0.4, 0.5) is 8.78 Å². The van der Waals surface area contributed by atoms with Crippen LogP contribution in [0.5, 0.6) is 0 Å². The Labute approximate surface area is 106 Å². The highest BCUT2D eigenvalue weighted by Gasteiger charge is 2.16. The van der Waals surface area contributed by atoms with Crippen molar-refractivity contribution in [2.24, 2.45) is 0 Å². The van der Waals surface area contributed by atoms with Gasteiger partial charge in [-0.1, -0.05) is 6.07 Å². The second kappa shape index (κ2) is 4.97. The van der Waals surface area contributed by atoms with Gasteiger partial charge in [0.15, 0.2) is 11.6 Å². The van der Waals surface area contributed by atoms with Gasteiger partial charge in [0.05, 0.1) is 7.11 Å². The molecular formula is C12H8F2N2O3. The fourth-order valence-corrected chi connectivity index (χ4v) is 1.48. The number of hydrogen-bond donors (Lipinski definition) is 0. The molecule has 98 valence electrons. The van der Waals surface area contributed by atoms with Crippen molar-refractivity contribution < 1.29 is 18.3 Å². The molecule has 19 heavy (non-hydrogen) atoms. The number of benzene rings is 1. The zero-order valence-corrected chi connectivity index (χ0v) is 9.76. The Morgan fingerprint density at radius 3 is 2.47 bits per heavy atom. The Morgan fingerprint density at radius 1 is 1.26 bits per heavy atom. The third kappa shape index (κ3) is 2.35. The van der Waals surface area contributed by atoms with E-state index in [2.05, 4.69) is 9.84 Å². The SMILES string of the molecule is COC(=O)c1nn(-c2c(F)cccc2F)ccc1=O. The first-order valence-corrected chi connectivity index (χ1v) is 5.17. The van der Waals surface area contributed by atoms with E-state index in [-0.39, 0.29) is 0 Å². The van der Waals surface area contributed by atoms with Crippen LogP contribution in [-0.4, -0.2) is 22.9 Å². The fraction of sp³-hybridized carbons (Fsp3) is 0.0833. The van der Waals surface area contributed by atoms with Gasteiger partial charge in [-0.3, -0.25) is 4.79 Å². The molecule has 0 unspecified atom stereocenters. The zero-order chi connectivity index (χ0) is 14.0. The van der Waals surface area contributed by atoms with Crippen molar-refractivity contribution in [2.75, 3.05) is 7.11 Å². The van der Waals surface area contributed by atoms with Gasteiger partial charge in [0.1, 0.15) is 5.69 Å². The second-order valence-electron chi connectivity index (χ2n) is 3.54. The van der Waals surface area contributed by atoms with Crippen LogP contribution in [0.1, 0.15) is 10.5 Å². The third-order valence-electron chi connectivity index (χ3n) is 2.35. The molecule has 0 spiro atoms. The number of aromatic nitrogens is 2. The van der Waals surface area contributed by atoms with Crippen LogP contribution in [0.2, 0.25) is 0 Å². The normalized spacial score (nSPS) is 10.3. The topological polar surface area (TPSA) is 61.2 Å². The van der Waals surface area contributed by atoms with Crippen LogP contribution in [0.3, 0.4) is 0 Å². The van der Waals surface area contributed by atoms with Gasteiger partial charge in [-0.15, -0.1) is 0 Å². The van der Waals surface area contributed by atoms with Gasteiger partial charge >= 0.3 is 5.97 Å². The minimum Gasteiger partial charge on any atom is -0.464 e. The lowest BCUT2D eigenvalue weighted by Gasteiger charge is -2.08. The Kier molecular flexibility index (Phi) is 3.37. The highest BCUT2D eigenvalue weighted by molar-refractivity contribution is 5.86. The van der Waals surface area contributed by atoms with Crippen LogP contribution < -0.4 is 5.43 Å². The van der Waals surface area contributed by atoms with Crippen LogP contribution in [-0.2, 0) is 4.74 Å². The maximum absolute atomic E-state index is 13.6. The van der Waals surface area contributed by atoms with Gasteiger partial charge in [0.2, 0.25) is 11.1 Å². The molecule has 0 saturated carbocycles. The first-order valence-electron chi connectivity index (χ1n) is 5.17. The summed E-state index contributed by atoms with van der Waals surface area (Å²) in [7, 11) is 1.07. The molecule has 0 aliphatic carbocycles. The van der Waals surface area contributed by atoms with E-state index < -0.39 is 34.4 Å². The first kappa shape index (κ1) is 12.9. The van der Waals surface area contributed by atoms with E-state index >= 15 is 0 Å². The van der Waals surface area contributed by atoms with Crippen LogP contribution >= 0.6 is 0 Å². The van der Waals surface area contributed by atoms with E-state index in [9.17, 15) is 18.4 Å². The van der Waals surface area contributed by atoms with Gasteiger partial charge in [-0.05, 0) is 12.1 Å². The Balaban J connectivity index is 2.65. The van der Waals surface area contributed by atoms with Crippen molar-refractivity contribution in [2.45, 2.75) is 0 Å². The van der Waals surface area contributed by atoms with E-state index in [4.69, 9.17) is 0 Å². The molecule has 7 heteroatoms. The summed E-state index contributed by atoms with van der Waals surface area (Å²) in [5, 5.41) is 3.58. The molecule has 0 aliphatic rings. The molecule has 2 rings (SSSR count). The van der Waals surface area contributed by atoms with Crippen molar-refractivity contribution in [3.8, 4) is 5.69 Å². The van der Waals surface area contributed by atoms with Crippen LogP contribution in [0.25, 0.3) is 5.69 Å². The Morgan fingerprint density at radius 2 is 1.89 bits per heavy atom. The van der Waals surface area contributed by atoms with Crippen LogP contribution in [0.15, 0.2) is 35.3 Å². The van der Waals surface area contributed by atoms with Gasteiger partial charge in [-0.25, -0.2) is 18.3 Å². The molecule has 0 fully saturated rings. The quantitative estimate of drug-likeness (QED) is 0.769. The van der Waals surface area contributed by atoms with E-state index in [0.29, 0.717) is 0 Å². The lowest BCUT2D eigenvalue weighted by Crippen LogP contribution is -2.22. The van der Waals surface area contributed by atoms with Gasteiger partial charge in [0.25, 0.3) is 0 Å². The summed E-state index contributed by atoms with van der Waals surface area (Å²) >= 11 is 0. The molecule has 2 aromatic rings. The minimum absolute atomic E-state index is 0.479. The summed E-state index contributed by atoms with van der Waals surface area (Å²) in [6.45, 7) is 0. The van der Waals surface area contributed by atoms with Crippen molar-refractivity contribution >= 4 is 5.97 Å². The number of ether oxygens (including phenoxy) is 1. The highest BCUT2D eigenvalue weighted by atomic mass is 19.1. The number of halogens is 2. The van der Waals surface area contributed by atoms with Gasteiger partial charge in [-0.2, -0.15) is 5.10 Å². The molecule has 1 aromatic carbocycles. The van der Waals surface area contributed by atoms with Crippen molar-refractivity contribution in [3.05, 3.63) is 58.0 Å². The van der Waals surface area contributed by atoms with Crippen molar-refractivity contribution in [1.82, 2.24) is 9.78 Å². The molecule has 0 aliphatic heterocycles. The summed E-state index contributed by atoms with van der Waals surface area (Å²) in [4.78, 5) is 22.7. The van der Waals surface area contributed by atoms with Gasteiger partial charge < -0.3 is 4.74 Å². The smallest absolute Gasteiger partial charge is 0.362 e. The third-order valence-corrected chi connectivity index (χ3v) is 2.35. The Bertz CT molecular complexity index is 677. The highest BCUT2D eigenvalue weighted by Crippen LogP contribution is 2.15. The predicted molar refractivity (Wildman–Crippen MR) is 61.1 cm³/mol. The first-order chi connectivity index (χ1) is 9.04. The zero-order valence-electron chi connectivity index (χ0n) is 9.76. The lowest BCUT2D eigenvalue weighted by molar-refractivity contribution is 0.0590. The number of esters is 1. The molecule has 0 N–H and O–H groups in total. The lowest BCUT2D eigenvalue weighted by atomic mass is 10.3. The molecule has 0 bridgehead atoms. The number of carbonyl (C=O) groups is 1. The second-order valence-corrected chi connectivity index (χ2v) is 3.54. The molecule has 1 heterocycles. The molecular weight excluding hydrogens is 258 g/mol. The summed E-state index contributed by atoms with van der Waals surface area (Å²) in [5.74, 6) is -2.71. The maximum Gasteiger partial charge on any atom is 0.362 e. The number of nitrogens with zero attached hydrogens (tertiary/aromatic N) is 2. The van der Waals surface area contributed by atoms with E-state index in [1.54, 1.807) is 0 Å². The predicted octanol–water partition coefficient (Wildman–Crippen LogP) is 1.30. The standard InChI is InChI=1S/C12H8F2N2O3/c1-19-12(18)10-9(17)5-6-16(15-10)11-7(13)3-2-4-8(11)14/h2-6H,1H3. The molecule has 0 radical (unpaired) electrons. The average molecular weight is 266 g/mol. The largest absolute Gasteiger partial charge is 0.464 e. The number of methoxy groups -OCH3 is 1. The Hall–Kier alpha value is -2.57. The minimum atomic E-state index is -0.976. The van der Waals surface area contributed by atoms with Crippen LogP contribution in [0, 0.1) is 11.6 Å². The molecule has 0 saturated heterocycles. The molecule has 0 atom stereocenters. The van der Waals surface area contributed by atoms with Crippen molar-refractivity contribution in [3.63, 3.8) is 0 Å². The summed E-state index contributed by atoms with van der Waals surface area (Å²) in [6.07, 6.45) is 1.07. The van der Waals surface area contributed by atoms with Crippen molar-refractivity contribution in [1.29, 1.82) is 0 Å². The maximum atomic E-state index is 13.6. The summed E-state index contributed by atoms with van der Waals surface area (Å²) in [5.41, 5.74) is -1.72. The number of rotatable bonds is 2. The average Bonchev–Trinajstić information content (AvgIpc) is 2.39. The molecule has 5 nitrogen and oxygen atoms in total. The van der Waals surface area contributed by atoms with E-state index in [0.717, 1.165) is 36.2 Å². The van der Waals surface area contributed by atoms with E-state index in [1.165, 1.54) is 6.07 Å². The number of carbonyl (C=O) groups excluding carboxylic acids is 1. The monoisotopic (exact) mass is 266 g/mol. The molecule has 0 amide bonds. The summed E-state index contributed by atoms with van der Waals surface area (Å²) < 4.78 is 32.3. The van der Waals surface area contributed by atoms with Gasteiger partial charge in [0, 0.05) is 12.3 Å². The fourth-order valence-electron chi connectivity index (χ4n) is 1.48. The molecule has 1 aromatic heterocycles. The number of hydrogen-bond acceptors (Lipinski definition) is 4. The van der Waals surface area contributed by atoms with E-state index in [1.807, 2.05) is 0 Å². The summed E-state index contributed by atoms with van der Waals surface area (Å²) in [6, 6.07) is 4.25.